The third-order valence-electron chi connectivity index (χ3n) is 4.20. The molecule has 0 bridgehead atoms. The Kier molecular flexibility index (Phi) is 6.46. The molecule has 3 N–H and O–H groups in total. The molecular formula is C15H19BKN5O5. The summed E-state index contributed by atoms with van der Waals surface area (Å²) in [5.41, 5.74) is 1.89. The van der Waals surface area contributed by atoms with Crippen LogP contribution in [-0.4, -0.2) is 93.1 Å². The standard InChI is InChI=1S/C12H13N3O2.C3H5BN2O3.K.H/c16-9-7-8(13-1-2-13)12(17)11(15-5-6-15)10(9)14-3-4-14;7-4(8)9-3-1-2-5-6-3;;/h7H,1-6H2;1-2,7-8H,(H,5,6);;/q;;+1;-1. The Hall–Kier alpha value is -1.15. The number of nitrogens with one attached hydrogen (secondary N) is 1. The summed E-state index contributed by atoms with van der Waals surface area (Å²) < 4.78 is 4.35. The molecule has 27 heavy (non-hydrogen) atoms. The van der Waals surface area contributed by atoms with Crippen LogP contribution in [0.5, 0.6) is 5.88 Å². The summed E-state index contributed by atoms with van der Waals surface area (Å²) in [5, 5.41) is 22.3. The van der Waals surface area contributed by atoms with Gasteiger partial charge in [-0.25, -0.2) is 5.10 Å². The van der Waals surface area contributed by atoms with Crippen LogP contribution in [0.1, 0.15) is 1.43 Å². The van der Waals surface area contributed by atoms with Crippen LogP contribution in [0.15, 0.2) is 35.4 Å². The van der Waals surface area contributed by atoms with Crippen LogP contribution < -0.4 is 56.0 Å². The molecule has 0 atom stereocenters. The van der Waals surface area contributed by atoms with Gasteiger partial charge in [0.25, 0.3) is 0 Å². The Morgan fingerprint density at radius 3 is 2.11 bits per heavy atom. The largest absolute Gasteiger partial charge is 1.00 e. The fourth-order valence-electron chi connectivity index (χ4n) is 2.70. The van der Waals surface area contributed by atoms with Gasteiger partial charge in [0.2, 0.25) is 11.6 Å². The molecule has 12 heteroatoms. The zero-order valence-corrected chi connectivity index (χ0v) is 18.1. The van der Waals surface area contributed by atoms with Crippen LogP contribution in [-0.2, 0) is 9.59 Å². The summed E-state index contributed by atoms with van der Waals surface area (Å²) in [7, 11) is -1.79. The maximum absolute atomic E-state index is 12.4. The van der Waals surface area contributed by atoms with Crippen molar-refractivity contribution in [2.24, 2.45) is 0 Å². The summed E-state index contributed by atoms with van der Waals surface area (Å²) in [5.74, 6) is 0.275. The molecule has 10 nitrogen and oxygen atoms in total. The van der Waals surface area contributed by atoms with Crippen LogP contribution in [0.4, 0.5) is 0 Å². The van der Waals surface area contributed by atoms with Crippen molar-refractivity contribution >= 4 is 18.9 Å². The third-order valence-corrected chi connectivity index (χ3v) is 4.20. The molecule has 0 aromatic carbocycles. The number of hydrogen-bond acceptors (Lipinski definition) is 9. The van der Waals surface area contributed by atoms with E-state index in [4.69, 9.17) is 10.0 Å². The SMILES string of the molecule is O=C1C=C(N2CC2)C(=O)C(N2CC2)=C1N1CC1.OB(O)Oc1ccn[nH]1.[H-].[K+]. The first-order valence-electron chi connectivity index (χ1n) is 8.36. The summed E-state index contributed by atoms with van der Waals surface area (Å²) in [6, 6.07) is 1.47. The second-order valence-corrected chi connectivity index (χ2v) is 6.25. The second-order valence-electron chi connectivity index (χ2n) is 6.25. The Balaban J connectivity index is 0.000000222. The monoisotopic (exact) mass is 399 g/mol. The number of nitrogens with zero attached hydrogens (tertiary/aromatic N) is 4. The Bertz CT molecular complexity index is 791. The molecule has 4 aliphatic rings. The number of ketones is 2. The van der Waals surface area contributed by atoms with E-state index in [1.165, 1.54) is 18.3 Å². The number of carbonyl (C=O) groups excluding carboxylic acids is 2. The quantitative estimate of drug-likeness (QED) is 0.254. The number of hydrogen-bond donors (Lipinski definition) is 3. The number of carbonyl (C=O) groups is 2. The van der Waals surface area contributed by atoms with E-state index in [2.05, 4.69) is 14.9 Å². The zero-order chi connectivity index (χ0) is 18.3. The van der Waals surface area contributed by atoms with E-state index >= 15 is 0 Å². The summed E-state index contributed by atoms with van der Waals surface area (Å²) >= 11 is 0. The van der Waals surface area contributed by atoms with Crippen LogP contribution >= 0.6 is 0 Å². The van der Waals surface area contributed by atoms with E-state index in [1.54, 1.807) is 0 Å². The average Bonchev–Trinajstić information content (AvgIpc) is 3.44. The van der Waals surface area contributed by atoms with Crippen molar-refractivity contribution in [2.75, 3.05) is 39.3 Å². The summed E-state index contributed by atoms with van der Waals surface area (Å²) in [6.07, 6.45) is 2.97. The number of allylic oxidation sites excluding steroid dienone is 1. The van der Waals surface area contributed by atoms with Crippen LogP contribution in [0.2, 0.25) is 0 Å². The maximum atomic E-state index is 12.4. The van der Waals surface area contributed by atoms with Gasteiger partial charge >= 0.3 is 58.7 Å². The van der Waals surface area contributed by atoms with Crippen molar-refractivity contribution in [1.29, 1.82) is 0 Å². The Morgan fingerprint density at radius 1 is 1.04 bits per heavy atom. The second kappa shape index (κ2) is 8.47. The van der Waals surface area contributed by atoms with Crippen molar-refractivity contribution in [2.45, 2.75) is 0 Å². The van der Waals surface area contributed by atoms with Gasteiger partial charge in [-0.05, 0) is 0 Å². The van der Waals surface area contributed by atoms with E-state index in [1.807, 2.05) is 14.7 Å². The smallest absolute Gasteiger partial charge is 1.00 e. The molecular weight excluding hydrogens is 380 g/mol. The molecule has 0 spiro atoms. The van der Waals surface area contributed by atoms with E-state index in [0.29, 0.717) is 17.1 Å². The number of aromatic nitrogens is 2. The van der Waals surface area contributed by atoms with E-state index in [9.17, 15) is 9.59 Å². The van der Waals surface area contributed by atoms with Gasteiger partial charge in [0.15, 0.2) is 5.88 Å². The first-order valence-corrected chi connectivity index (χ1v) is 8.36. The molecule has 5 rings (SSSR count). The predicted molar refractivity (Wildman–Crippen MR) is 90.4 cm³/mol. The molecule has 4 heterocycles. The minimum atomic E-state index is -1.79. The van der Waals surface area contributed by atoms with E-state index < -0.39 is 7.32 Å². The van der Waals surface area contributed by atoms with Crippen molar-refractivity contribution < 1.29 is 77.1 Å². The van der Waals surface area contributed by atoms with Gasteiger partial charge in [0.1, 0.15) is 11.4 Å². The van der Waals surface area contributed by atoms with Gasteiger partial charge in [0, 0.05) is 51.4 Å². The topological polar surface area (TPSA) is 122 Å². The van der Waals surface area contributed by atoms with Gasteiger partial charge in [-0.15, -0.1) is 0 Å². The molecule has 3 aliphatic heterocycles. The van der Waals surface area contributed by atoms with Crippen molar-refractivity contribution in [3.63, 3.8) is 0 Å². The van der Waals surface area contributed by atoms with Crippen molar-refractivity contribution in [1.82, 2.24) is 24.9 Å². The number of Topliss-reactive ketones (excluding diaryl/α,β-unsaturated/α-hetero) is 1. The fraction of sp³-hybridized carbons (Fsp3) is 0.400. The third kappa shape index (κ3) is 5.02. The van der Waals surface area contributed by atoms with E-state index in [-0.39, 0.29) is 70.3 Å². The molecule has 138 valence electrons. The average molecular weight is 399 g/mol. The van der Waals surface area contributed by atoms with Crippen molar-refractivity contribution in [3.05, 3.63) is 35.4 Å². The van der Waals surface area contributed by atoms with Gasteiger partial charge in [-0.3, -0.25) is 9.59 Å². The normalized spacial score (nSPS) is 19.8. The molecule has 0 saturated carbocycles. The first-order chi connectivity index (χ1) is 12.5. The molecule has 3 saturated heterocycles. The first kappa shape index (κ1) is 20.6. The summed E-state index contributed by atoms with van der Waals surface area (Å²) in [6.45, 7) is 5.41. The molecule has 1 aromatic heterocycles. The molecule has 1 aliphatic carbocycles. The van der Waals surface area contributed by atoms with Crippen molar-refractivity contribution in [3.8, 4) is 5.88 Å². The number of aromatic amines is 1. The number of rotatable bonds is 5. The van der Waals surface area contributed by atoms with Crippen LogP contribution in [0.3, 0.4) is 0 Å². The van der Waals surface area contributed by atoms with Gasteiger partial charge in [-0.1, -0.05) is 0 Å². The molecule has 0 amide bonds. The Morgan fingerprint density at radius 2 is 1.63 bits per heavy atom. The van der Waals surface area contributed by atoms with Crippen LogP contribution in [0.25, 0.3) is 0 Å². The number of H-pyrrole nitrogens is 1. The fourth-order valence-corrected chi connectivity index (χ4v) is 2.70. The van der Waals surface area contributed by atoms with Gasteiger partial charge in [0.05, 0.1) is 11.9 Å². The minimum absolute atomic E-state index is 0. The van der Waals surface area contributed by atoms with Crippen LogP contribution in [0, 0.1) is 0 Å². The predicted octanol–water partition coefficient (Wildman–Crippen LogP) is -4.94. The van der Waals surface area contributed by atoms with E-state index in [0.717, 1.165) is 39.3 Å². The zero-order valence-electron chi connectivity index (χ0n) is 16.0. The van der Waals surface area contributed by atoms with Gasteiger partial charge < -0.3 is 30.8 Å². The molecule has 3 fully saturated rings. The molecule has 0 unspecified atom stereocenters. The minimum Gasteiger partial charge on any atom is -1.00 e. The Labute approximate surface area is 199 Å². The van der Waals surface area contributed by atoms with Gasteiger partial charge in [-0.2, -0.15) is 5.10 Å². The molecule has 1 aromatic rings. The molecule has 0 radical (unpaired) electrons. The summed E-state index contributed by atoms with van der Waals surface area (Å²) in [4.78, 5) is 30.5. The maximum Gasteiger partial charge on any atom is 1.00 e.